The Morgan fingerprint density at radius 3 is 2.23 bits per heavy atom. The average Bonchev–Trinajstić information content (AvgIpc) is 3.12. The molecule has 1 fully saturated rings. The summed E-state index contributed by atoms with van der Waals surface area (Å²) >= 11 is 3.63. The van der Waals surface area contributed by atoms with E-state index in [4.69, 9.17) is 4.98 Å². The molecule has 0 N–H and O–H groups in total. The van der Waals surface area contributed by atoms with Gasteiger partial charge in [-0.05, 0) is 85.8 Å². The molecule has 31 heavy (non-hydrogen) atoms. The Balaban J connectivity index is 0.00000204. The molecule has 0 aliphatic heterocycles. The van der Waals surface area contributed by atoms with E-state index in [2.05, 4.69) is 76.8 Å². The number of benzene rings is 3. The molecule has 0 amide bonds. The number of hydrogen-bond donors (Lipinski definition) is 0. The Kier molecular flexibility index (Phi) is 5.45. The van der Waals surface area contributed by atoms with Crippen LogP contribution in [0.25, 0.3) is 28.1 Å². The van der Waals surface area contributed by atoms with Crippen molar-refractivity contribution in [1.29, 1.82) is 0 Å². The van der Waals surface area contributed by atoms with E-state index in [0.717, 1.165) is 33.2 Å². The normalized spacial score (nSPS) is 19.3. The zero-order valence-corrected chi connectivity index (χ0v) is 21.7. The van der Waals surface area contributed by atoms with Crippen molar-refractivity contribution in [2.45, 2.75) is 51.4 Å². The molecule has 7 rings (SSSR count). The molecule has 1 heterocycles. The third kappa shape index (κ3) is 3.35. The first-order chi connectivity index (χ1) is 14.6. The van der Waals surface area contributed by atoms with Crippen LogP contribution in [0, 0.1) is 19.9 Å². The van der Waals surface area contributed by atoms with Crippen molar-refractivity contribution in [1.82, 2.24) is 9.55 Å². The zero-order chi connectivity index (χ0) is 20.4. The second kappa shape index (κ2) is 7.99. The Hall–Kier alpha value is -1.74. The van der Waals surface area contributed by atoms with Crippen molar-refractivity contribution in [3.8, 4) is 17.1 Å². The van der Waals surface area contributed by atoms with Gasteiger partial charge in [-0.25, -0.2) is 0 Å². The van der Waals surface area contributed by atoms with Gasteiger partial charge in [-0.2, -0.15) is 0 Å². The molecule has 3 aromatic carbocycles. The Morgan fingerprint density at radius 1 is 0.935 bits per heavy atom. The molecule has 4 aromatic rings. The van der Waals surface area contributed by atoms with E-state index >= 15 is 0 Å². The number of imidazole rings is 1. The number of fused-ring (bicyclic) bond motifs is 3. The van der Waals surface area contributed by atoms with Crippen LogP contribution in [0.15, 0.2) is 53.0 Å². The van der Waals surface area contributed by atoms with Crippen LogP contribution in [0.5, 0.6) is 0 Å². The van der Waals surface area contributed by atoms with Gasteiger partial charge in [-0.3, -0.25) is 4.98 Å². The molecule has 0 unspecified atom stereocenters. The molecule has 1 saturated carbocycles. The Labute approximate surface area is 205 Å². The van der Waals surface area contributed by atoms with Crippen molar-refractivity contribution in [3.05, 3.63) is 81.3 Å². The maximum absolute atomic E-state index is 5.19. The molecule has 0 saturated heterocycles. The first kappa shape index (κ1) is 21.1. The van der Waals surface area contributed by atoms with E-state index < -0.39 is 0 Å². The summed E-state index contributed by atoms with van der Waals surface area (Å²) in [6, 6.07) is 20.9. The van der Waals surface area contributed by atoms with E-state index in [9.17, 15) is 0 Å². The number of nitrogens with zero attached hydrogens (tertiary/aromatic N) is 2. The molecule has 1 radical (unpaired) electrons. The van der Waals surface area contributed by atoms with Gasteiger partial charge in [-0.1, -0.05) is 38.6 Å². The van der Waals surface area contributed by atoms with Gasteiger partial charge in [0.15, 0.2) is 0 Å². The summed E-state index contributed by atoms with van der Waals surface area (Å²) in [5.74, 6) is 2.41. The topological polar surface area (TPSA) is 17.8 Å². The minimum atomic E-state index is 0. The number of halogens is 1. The number of aromatic nitrogens is 2. The van der Waals surface area contributed by atoms with Crippen LogP contribution in [0.1, 0.15) is 59.8 Å². The van der Waals surface area contributed by atoms with Gasteiger partial charge in [0, 0.05) is 25.8 Å². The summed E-state index contributed by atoms with van der Waals surface area (Å²) in [6.07, 6.45) is 5.36. The zero-order valence-electron chi connectivity index (χ0n) is 17.7. The Morgan fingerprint density at radius 2 is 1.58 bits per heavy atom. The number of hydrogen-bond acceptors (Lipinski definition) is 1. The van der Waals surface area contributed by atoms with Crippen LogP contribution in [-0.2, 0) is 20.1 Å². The molecular weight excluding hydrogens is 624 g/mol. The molecule has 4 heteroatoms. The van der Waals surface area contributed by atoms with Crippen LogP contribution >= 0.6 is 15.9 Å². The van der Waals surface area contributed by atoms with Gasteiger partial charge in [0.2, 0.25) is 0 Å². The molecule has 3 aliphatic carbocycles. The summed E-state index contributed by atoms with van der Waals surface area (Å²) in [5.41, 5.74) is 10.3. The molecule has 0 atom stereocenters. The summed E-state index contributed by atoms with van der Waals surface area (Å²) < 4.78 is 3.43. The van der Waals surface area contributed by atoms with Crippen LogP contribution in [0.3, 0.4) is 0 Å². The molecule has 2 bridgehead atoms. The fourth-order valence-electron chi connectivity index (χ4n) is 5.71. The second-order valence-electron chi connectivity index (χ2n) is 8.95. The first-order valence-electron chi connectivity index (χ1n) is 10.9. The van der Waals surface area contributed by atoms with Gasteiger partial charge in [-0.15, -0.1) is 29.8 Å². The van der Waals surface area contributed by atoms with E-state index in [1.54, 1.807) is 11.1 Å². The molecule has 2 nitrogen and oxygen atoms in total. The predicted octanol–water partition coefficient (Wildman–Crippen LogP) is 7.62. The molecular formula is C27H24BrIrN2-. The van der Waals surface area contributed by atoms with Crippen LogP contribution in [-0.4, -0.2) is 9.55 Å². The smallest absolute Gasteiger partial charge is 0.0777 e. The molecule has 1 aromatic heterocycles. The van der Waals surface area contributed by atoms with Crippen LogP contribution in [0.4, 0.5) is 0 Å². The van der Waals surface area contributed by atoms with E-state index in [-0.39, 0.29) is 20.1 Å². The van der Waals surface area contributed by atoms with Crippen molar-refractivity contribution < 1.29 is 20.1 Å². The van der Waals surface area contributed by atoms with Crippen molar-refractivity contribution in [2.24, 2.45) is 0 Å². The van der Waals surface area contributed by atoms with E-state index in [1.165, 1.54) is 48.0 Å². The first-order valence-corrected chi connectivity index (χ1v) is 11.7. The van der Waals surface area contributed by atoms with Crippen molar-refractivity contribution >= 4 is 27.0 Å². The Bertz CT molecular complexity index is 1280. The number of para-hydroxylation sites is 1. The van der Waals surface area contributed by atoms with E-state index in [0.29, 0.717) is 0 Å². The second-order valence-corrected chi connectivity index (χ2v) is 9.87. The number of rotatable bonds is 2. The monoisotopic (exact) mass is 648 g/mol. The molecule has 159 valence electrons. The van der Waals surface area contributed by atoms with Crippen LogP contribution in [0.2, 0.25) is 0 Å². The molecule has 0 spiro atoms. The summed E-state index contributed by atoms with van der Waals surface area (Å²) in [7, 11) is 0. The SMILES string of the molecule is Cc1cccc(C)c1-n1c(-c2[c-]ccc(Br)c2)nc2cc3c(cc21)C1CCC3CC1.[Ir]. The fraction of sp³-hybridized carbons (Fsp3) is 0.296. The maximum atomic E-state index is 5.19. The standard InChI is InChI=1S/C27H24BrN2.Ir/c1-16-5-3-6-17(2)26(16)30-25-15-23-19-11-9-18(10-12-19)22(23)14-24(25)29-27(30)20-7-4-8-21(28)13-20;/h3-6,8,13-15,18-19H,9-12H2,1-2H3;/q-1;. The van der Waals surface area contributed by atoms with Gasteiger partial charge >= 0.3 is 0 Å². The fourth-order valence-corrected chi connectivity index (χ4v) is 6.07. The summed E-state index contributed by atoms with van der Waals surface area (Å²) in [5, 5.41) is 0. The van der Waals surface area contributed by atoms with Gasteiger partial charge in [0.25, 0.3) is 0 Å². The predicted molar refractivity (Wildman–Crippen MR) is 126 cm³/mol. The minimum absolute atomic E-state index is 0. The van der Waals surface area contributed by atoms with Crippen molar-refractivity contribution in [3.63, 3.8) is 0 Å². The summed E-state index contributed by atoms with van der Waals surface area (Å²) in [4.78, 5) is 5.19. The third-order valence-corrected chi connectivity index (χ3v) is 7.63. The third-order valence-electron chi connectivity index (χ3n) is 7.13. The molecule has 3 aliphatic rings. The summed E-state index contributed by atoms with van der Waals surface area (Å²) in [6.45, 7) is 4.39. The van der Waals surface area contributed by atoms with E-state index in [1.807, 2.05) is 12.1 Å². The quantitative estimate of drug-likeness (QED) is 0.205. The largest absolute Gasteiger partial charge is 0.333 e. The average molecular weight is 649 g/mol. The van der Waals surface area contributed by atoms with Crippen molar-refractivity contribution in [2.75, 3.05) is 0 Å². The van der Waals surface area contributed by atoms with Crippen LogP contribution < -0.4 is 0 Å². The minimum Gasteiger partial charge on any atom is -0.333 e. The van der Waals surface area contributed by atoms with Gasteiger partial charge in [0.05, 0.1) is 16.9 Å². The number of aryl methyl sites for hydroxylation is 2. The van der Waals surface area contributed by atoms with Gasteiger partial charge < -0.3 is 4.57 Å². The van der Waals surface area contributed by atoms with Gasteiger partial charge in [0.1, 0.15) is 0 Å². The maximum Gasteiger partial charge on any atom is 0.0777 e.